The van der Waals surface area contributed by atoms with Crippen molar-refractivity contribution < 1.29 is 14.4 Å². The minimum absolute atomic E-state index is 0.242. The Morgan fingerprint density at radius 3 is 2.05 bits per heavy atom. The van der Waals surface area contributed by atoms with Gasteiger partial charge in [-0.05, 0) is 82.7 Å². The zero-order valence-electron chi connectivity index (χ0n) is 10.2. The Labute approximate surface area is 130 Å². The zero-order valence-corrected chi connectivity index (χ0v) is 12.5. The summed E-state index contributed by atoms with van der Waals surface area (Å²) in [6.07, 6.45) is 2.18. The van der Waals surface area contributed by atoms with Crippen molar-refractivity contribution in [1.82, 2.24) is 0 Å². The number of benzene rings is 1. The van der Waals surface area contributed by atoms with E-state index in [2.05, 4.69) is 0 Å². The Morgan fingerprint density at radius 2 is 1.60 bits per heavy atom. The summed E-state index contributed by atoms with van der Waals surface area (Å²) in [7, 11) is 0. The van der Waals surface area contributed by atoms with E-state index in [0.717, 1.165) is 12.8 Å². The van der Waals surface area contributed by atoms with Gasteiger partial charge >= 0.3 is 0 Å². The average molecular weight is 332 g/mol. The van der Waals surface area contributed by atoms with E-state index in [1.807, 2.05) is 0 Å². The third-order valence-corrected chi connectivity index (χ3v) is 4.95. The van der Waals surface area contributed by atoms with Crippen LogP contribution in [0.3, 0.4) is 0 Å². The molecule has 1 atom stereocenters. The van der Waals surface area contributed by atoms with Crippen LogP contribution in [0, 0.1) is 0 Å². The predicted molar refractivity (Wildman–Crippen MR) is 75.9 cm³/mol. The van der Waals surface area contributed by atoms with Gasteiger partial charge in [-0.15, -0.1) is 0 Å². The SMILES string of the molecule is O=C(Cl)c1cc2c(C(=O)Cl)cc1C(C(=O)Cl)CC21CC1. The van der Waals surface area contributed by atoms with E-state index in [0.29, 0.717) is 23.1 Å². The van der Waals surface area contributed by atoms with E-state index >= 15 is 0 Å². The first-order chi connectivity index (χ1) is 9.35. The monoisotopic (exact) mass is 330 g/mol. The summed E-state index contributed by atoms with van der Waals surface area (Å²) < 4.78 is 0. The molecule has 1 fully saturated rings. The van der Waals surface area contributed by atoms with Crippen LogP contribution >= 0.6 is 34.8 Å². The smallest absolute Gasteiger partial charge is 0.252 e. The second-order valence-electron chi connectivity index (χ2n) is 5.37. The number of fused-ring (bicyclic) bond motifs is 3. The van der Waals surface area contributed by atoms with Gasteiger partial charge in [0.25, 0.3) is 10.5 Å². The molecule has 0 saturated heterocycles. The van der Waals surface area contributed by atoms with Gasteiger partial charge in [0, 0.05) is 11.1 Å². The third kappa shape index (κ3) is 2.00. The number of carbonyl (C=O) groups is 3. The Hall–Kier alpha value is -0.900. The van der Waals surface area contributed by atoms with Crippen LogP contribution in [0.5, 0.6) is 0 Å². The van der Waals surface area contributed by atoms with E-state index in [4.69, 9.17) is 34.8 Å². The van der Waals surface area contributed by atoms with Gasteiger partial charge in [-0.1, -0.05) is 0 Å². The molecule has 104 valence electrons. The molecule has 3 nitrogen and oxygen atoms in total. The first-order valence-corrected chi connectivity index (χ1v) is 7.26. The fraction of sp³-hybridized carbons (Fsp3) is 0.357. The molecule has 3 aliphatic carbocycles. The van der Waals surface area contributed by atoms with Crippen LogP contribution in [0.25, 0.3) is 0 Å². The lowest BCUT2D eigenvalue weighted by Crippen LogP contribution is -2.14. The first kappa shape index (κ1) is 14.1. The molecule has 1 aromatic carbocycles. The highest BCUT2D eigenvalue weighted by Gasteiger charge is 2.51. The fourth-order valence-electron chi connectivity index (χ4n) is 3.11. The van der Waals surface area contributed by atoms with Gasteiger partial charge < -0.3 is 0 Å². The maximum Gasteiger partial charge on any atom is 0.252 e. The van der Waals surface area contributed by atoms with Crippen molar-refractivity contribution in [1.29, 1.82) is 0 Å². The first-order valence-electron chi connectivity index (χ1n) is 6.13. The molecule has 1 saturated carbocycles. The van der Waals surface area contributed by atoms with Crippen LogP contribution in [-0.4, -0.2) is 15.7 Å². The highest BCUT2D eigenvalue weighted by atomic mass is 35.5. The Bertz CT molecular complexity index is 662. The number of hydrogen-bond acceptors (Lipinski definition) is 3. The van der Waals surface area contributed by atoms with E-state index in [1.165, 1.54) is 6.07 Å². The van der Waals surface area contributed by atoms with Gasteiger partial charge in [-0.2, -0.15) is 0 Å². The maximum absolute atomic E-state index is 11.7. The van der Waals surface area contributed by atoms with Crippen LogP contribution in [0.4, 0.5) is 0 Å². The van der Waals surface area contributed by atoms with E-state index in [1.54, 1.807) is 6.07 Å². The molecular weight excluding hydrogens is 323 g/mol. The van der Waals surface area contributed by atoms with Gasteiger partial charge in [-0.25, -0.2) is 0 Å². The van der Waals surface area contributed by atoms with Crippen molar-refractivity contribution in [2.75, 3.05) is 0 Å². The summed E-state index contributed by atoms with van der Waals surface area (Å²) in [6.45, 7) is 0. The van der Waals surface area contributed by atoms with Crippen LogP contribution in [-0.2, 0) is 10.2 Å². The maximum atomic E-state index is 11.7. The highest BCUT2D eigenvalue weighted by Crippen LogP contribution is 2.58. The van der Waals surface area contributed by atoms with Gasteiger partial charge in [0.2, 0.25) is 5.24 Å². The summed E-state index contributed by atoms with van der Waals surface area (Å²) in [5, 5.41) is -1.80. The molecule has 4 rings (SSSR count). The van der Waals surface area contributed by atoms with E-state index in [9.17, 15) is 14.4 Å². The molecule has 0 amide bonds. The molecule has 1 spiro atoms. The van der Waals surface area contributed by atoms with Gasteiger partial charge in [0.05, 0.1) is 5.92 Å². The van der Waals surface area contributed by atoms with Crippen LogP contribution in [0.2, 0.25) is 0 Å². The summed E-state index contributed by atoms with van der Waals surface area (Å²) in [5.41, 5.74) is 1.43. The quantitative estimate of drug-likeness (QED) is 0.793. The summed E-state index contributed by atoms with van der Waals surface area (Å²) in [6, 6.07) is 3.10. The number of halogens is 3. The topological polar surface area (TPSA) is 51.2 Å². The minimum atomic E-state index is -0.657. The van der Waals surface area contributed by atoms with Crippen molar-refractivity contribution in [2.24, 2.45) is 0 Å². The number of carbonyl (C=O) groups excluding carboxylic acids is 3. The van der Waals surface area contributed by atoms with Gasteiger partial charge in [-0.3, -0.25) is 14.4 Å². The summed E-state index contributed by atoms with van der Waals surface area (Å²) in [4.78, 5) is 34.9. The molecule has 0 aromatic heterocycles. The van der Waals surface area contributed by atoms with Crippen LogP contribution in [0.1, 0.15) is 57.0 Å². The molecule has 6 heteroatoms. The molecule has 0 heterocycles. The molecule has 0 aliphatic heterocycles. The second kappa shape index (κ2) is 4.55. The normalized spacial score (nSPS) is 21.6. The molecule has 2 bridgehead atoms. The largest absolute Gasteiger partial charge is 0.281 e. The fourth-order valence-corrected chi connectivity index (χ4v) is 3.63. The number of hydrogen-bond donors (Lipinski definition) is 0. The highest BCUT2D eigenvalue weighted by molar-refractivity contribution is 6.69. The molecule has 1 unspecified atom stereocenters. The molecular formula is C14H9Cl3O3. The van der Waals surface area contributed by atoms with Crippen LogP contribution in [0.15, 0.2) is 12.1 Å². The Balaban J connectivity index is 2.32. The Kier molecular flexibility index (Phi) is 3.20. The molecule has 20 heavy (non-hydrogen) atoms. The second-order valence-corrected chi connectivity index (χ2v) is 6.43. The molecule has 0 N–H and O–H groups in total. The van der Waals surface area contributed by atoms with Gasteiger partial charge in [0.1, 0.15) is 0 Å². The summed E-state index contributed by atoms with van der Waals surface area (Å²) >= 11 is 16.9. The standard InChI is InChI=1S/C14H9Cl3O3/c15-11(18)7-4-10-8(12(16)19)3-6(7)9(13(17)20)5-14(10)1-2-14/h3-4,9H,1-2,5H2. The average Bonchev–Trinajstić information content (AvgIpc) is 3.17. The van der Waals surface area contributed by atoms with Crippen molar-refractivity contribution in [3.05, 3.63) is 34.4 Å². The van der Waals surface area contributed by atoms with Crippen molar-refractivity contribution in [3.63, 3.8) is 0 Å². The number of rotatable bonds is 3. The van der Waals surface area contributed by atoms with Crippen molar-refractivity contribution in [2.45, 2.75) is 30.6 Å². The van der Waals surface area contributed by atoms with Crippen molar-refractivity contribution >= 4 is 50.5 Å². The third-order valence-electron chi connectivity index (χ3n) is 4.28. The lowest BCUT2D eigenvalue weighted by molar-refractivity contribution is -0.113. The predicted octanol–water partition coefficient (Wildman–Crippen LogP) is 3.73. The van der Waals surface area contributed by atoms with E-state index < -0.39 is 21.6 Å². The molecule has 3 aliphatic rings. The van der Waals surface area contributed by atoms with Gasteiger partial charge in [0.15, 0.2) is 0 Å². The zero-order chi connectivity index (χ0) is 14.7. The van der Waals surface area contributed by atoms with Crippen LogP contribution < -0.4 is 0 Å². The molecule has 1 aromatic rings. The summed E-state index contributed by atoms with van der Waals surface area (Å²) in [5.74, 6) is -0.626. The lowest BCUT2D eigenvalue weighted by atomic mass is 9.88. The Morgan fingerprint density at radius 1 is 1.00 bits per heavy atom. The lowest BCUT2D eigenvalue weighted by Gasteiger charge is -2.16. The van der Waals surface area contributed by atoms with Crippen molar-refractivity contribution in [3.8, 4) is 0 Å². The van der Waals surface area contributed by atoms with E-state index in [-0.39, 0.29) is 11.0 Å². The minimum Gasteiger partial charge on any atom is -0.281 e. The molecule has 0 radical (unpaired) electrons.